The van der Waals surface area contributed by atoms with Crippen LogP contribution in [0.4, 0.5) is 17.1 Å². The molecule has 2 heterocycles. The fourth-order valence-electron chi connectivity index (χ4n) is 11.0. The van der Waals surface area contributed by atoms with Crippen molar-refractivity contribution < 1.29 is 4.42 Å². The summed E-state index contributed by atoms with van der Waals surface area (Å²) in [5, 5.41) is 9.52. The largest absolute Gasteiger partial charge is 0.455 e. The number of anilines is 3. The van der Waals surface area contributed by atoms with Crippen molar-refractivity contribution in [1.29, 1.82) is 0 Å². The molecule has 0 saturated heterocycles. The molecule has 12 aromatic carbocycles. The van der Waals surface area contributed by atoms with Crippen LogP contribution in [0.1, 0.15) is 0 Å². The molecule has 3 heteroatoms. The van der Waals surface area contributed by atoms with E-state index in [9.17, 15) is 0 Å². The van der Waals surface area contributed by atoms with E-state index in [0.29, 0.717) is 0 Å². The zero-order chi connectivity index (χ0) is 46.8. The second-order valence-corrected chi connectivity index (χ2v) is 18.5. The Bertz CT molecular complexity index is 4290. The summed E-state index contributed by atoms with van der Waals surface area (Å²) in [5.41, 5.74) is 17.7. The van der Waals surface area contributed by atoms with E-state index in [0.717, 1.165) is 83.5 Å². The number of para-hydroxylation sites is 2. The van der Waals surface area contributed by atoms with Crippen LogP contribution in [0.15, 0.2) is 271 Å². The molecule has 71 heavy (non-hydrogen) atoms. The van der Waals surface area contributed by atoms with E-state index < -0.39 is 0 Å². The third kappa shape index (κ3) is 6.89. The van der Waals surface area contributed by atoms with Crippen molar-refractivity contribution in [1.82, 2.24) is 4.57 Å². The number of fused-ring (bicyclic) bond motifs is 9. The smallest absolute Gasteiger partial charge is 0.143 e. The van der Waals surface area contributed by atoms with Crippen molar-refractivity contribution in [3.8, 4) is 50.2 Å². The maximum atomic E-state index is 6.69. The molecule has 14 rings (SSSR count). The summed E-state index contributed by atoms with van der Waals surface area (Å²) in [6.45, 7) is 0. The van der Waals surface area contributed by atoms with Gasteiger partial charge in [0.05, 0.1) is 16.7 Å². The van der Waals surface area contributed by atoms with E-state index in [1.54, 1.807) is 0 Å². The summed E-state index contributed by atoms with van der Waals surface area (Å²) in [5.74, 6) is 0. The van der Waals surface area contributed by atoms with Crippen LogP contribution in [0.5, 0.6) is 0 Å². The summed E-state index contributed by atoms with van der Waals surface area (Å²) in [6.07, 6.45) is 0. The molecule has 332 valence electrons. The van der Waals surface area contributed by atoms with Crippen molar-refractivity contribution in [3.63, 3.8) is 0 Å². The molecule has 2 aromatic heterocycles. The van der Waals surface area contributed by atoms with Gasteiger partial charge in [-0.1, -0.05) is 188 Å². The standard InChI is InChI=1S/C68H44N2O/c1-2-15-47(16-3-1)63-43-52(57-28-14-19-46-17-4-6-24-56(46)57)35-40-66(63)69(54-22-13-21-50(42-54)51-34-38-61-62-39-33-48-18-5-7-25-58(48)68(62)71-67(61)44-51)53-36-31-45(32-37-53)49-20-12-23-55(41-49)70-64-29-10-8-26-59(64)60-27-9-11-30-65(60)70/h1-44H. The lowest BCUT2D eigenvalue weighted by atomic mass is 9.93. The van der Waals surface area contributed by atoms with Crippen LogP contribution < -0.4 is 4.90 Å². The van der Waals surface area contributed by atoms with Gasteiger partial charge in [0.15, 0.2) is 0 Å². The van der Waals surface area contributed by atoms with Gasteiger partial charge in [-0.15, -0.1) is 0 Å². The average Bonchev–Trinajstić information content (AvgIpc) is 4.00. The van der Waals surface area contributed by atoms with Crippen LogP contribution in [0.3, 0.4) is 0 Å². The van der Waals surface area contributed by atoms with Crippen LogP contribution in [0, 0.1) is 0 Å². The van der Waals surface area contributed by atoms with Crippen molar-refractivity contribution in [3.05, 3.63) is 267 Å². The lowest BCUT2D eigenvalue weighted by Crippen LogP contribution is -2.11. The molecule has 0 aliphatic heterocycles. The number of rotatable bonds is 8. The Labute approximate surface area is 411 Å². The van der Waals surface area contributed by atoms with Crippen molar-refractivity contribution >= 4 is 82.4 Å². The number of hydrogen-bond acceptors (Lipinski definition) is 2. The van der Waals surface area contributed by atoms with Crippen LogP contribution in [0.2, 0.25) is 0 Å². The fraction of sp³-hybridized carbons (Fsp3) is 0. The van der Waals surface area contributed by atoms with Crippen molar-refractivity contribution in [2.45, 2.75) is 0 Å². The number of benzene rings is 12. The van der Waals surface area contributed by atoms with Gasteiger partial charge in [0.25, 0.3) is 0 Å². The second kappa shape index (κ2) is 16.7. The molecule has 0 amide bonds. The summed E-state index contributed by atoms with van der Waals surface area (Å²) in [6, 6.07) is 96.8. The SMILES string of the molecule is c1ccc(-c2cc(-c3cccc4ccccc34)ccc2N(c2ccc(-c3cccc(-n4c5ccccc5c5ccccc54)c3)cc2)c2cccc(-c3ccc4c(c3)oc3c5ccccc5ccc43)c2)cc1. The summed E-state index contributed by atoms with van der Waals surface area (Å²) in [4.78, 5) is 2.42. The highest BCUT2D eigenvalue weighted by molar-refractivity contribution is 6.15. The van der Waals surface area contributed by atoms with Gasteiger partial charge in [-0.05, 0) is 134 Å². The predicted octanol–water partition coefficient (Wildman–Crippen LogP) is 19.1. The predicted molar refractivity (Wildman–Crippen MR) is 299 cm³/mol. The number of hydrogen-bond donors (Lipinski definition) is 0. The first kappa shape index (κ1) is 40.6. The fourth-order valence-corrected chi connectivity index (χ4v) is 11.0. The third-order valence-electron chi connectivity index (χ3n) is 14.4. The first-order valence-corrected chi connectivity index (χ1v) is 24.3. The maximum Gasteiger partial charge on any atom is 0.143 e. The van der Waals surface area contributed by atoms with Gasteiger partial charge in [0, 0.05) is 49.6 Å². The van der Waals surface area contributed by atoms with E-state index >= 15 is 0 Å². The Morgan fingerprint density at radius 3 is 1.66 bits per heavy atom. The van der Waals surface area contributed by atoms with Gasteiger partial charge in [-0.2, -0.15) is 0 Å². The normalized spacial score (nSPS) is 11.7. The minimum Gasteiger partial charge on any atom is -0.455 e. The highest BCUT2D eigenvalue weighted by Crippen LogP contribution is 2.45. The minimum atomic E-state index is 0.879. The molecule has 0 unspecified atom stereocenters. The topological polar surface area (TPSA) is 21.3 Å². The van der Waals surface area contributed by atoms with E-state index in [-0.39, 0.29) is 0 Å². The van der Waals surface area contributed by atoms with Gasteiger partial charge in [-0.25, -0.2) is 0 Å². The molecular weight excluding hydrogens is 861 g/mol. The molecule has 0 N–H and O–H groups in total. The van der Waals surface area contributed by atoms with Crippen LogP contribution in [-0.2, 0) is 0 Å². The van der Waals surface area contributed by atoms with Crippen LogP contribution in [-0.4, -0.2) is 4.57 Å². The molecule has 0 aliphatic rings. The third-order valence-corrected chi connectivity index (χ3v) is 14.4. The Balaban J connectivity index is 0.918. The minimum absolute atomic E-state index is 0.879. The monoisotopic (exact) mass is 904 g/mol. The van der Waals surface area contributed by atoms with E-state index in [1.807, 2.05) is 0 Å². The Morgan fingerprint density at radius 2 is 0.873 bits per heavy atom. The molecule has 0 spiro atoms. The van der Waals surface area contributed by atoms with Crippen molar-refractivity contribution in [2.75, 3.05) is 4.90 Å². The molecule has 0 aliphatic carbocycles. The molecule has 0 bridgehead atoms. The quantitative estimate of drug-likeness (QED) is 0.151. The number of aromatic nitrogens is 1. The Kier molecular flexibility index (Phi) is 9.53. The van der Waals surface area contributed by atoms with Gasteiger partial charge in [-0.3, -0.25) is 0 Å². The molecule has 0 radical (unpaired) electrons. The summed E-state index contributed by atoms with van der Waals surface area (Å²) >= 11 is 0. The zero-order valence-electron chi connectivity index (χ0n) is 38.7. The van der Waals surface area contributed by atoms with E-state index in [4.69, 9.17) is 4.42 Å². The van der Waals surface area contributed by atoms with E-state index in [2.05, 4.69) is 276 Å². The molecule has 14 aromatic rings. The van der Waals surface area contributed by atoms with Gasteiger partial charge < -0.3 is 13.9 Å². The Morgan fingerprint density at radius 1 is 0.296 bits per heavy atom. The number of furan rings is 1. The molecule has 0 atom stereocenters. The average molecular weight is 905 g/mol. The molecule has 0 saturated carbocycles. The first-order chi connectivity index (χ1) is 35.2. The second-order valence-electron chi connectivity index (χ2n) is 18.5. The van der Waals surface area contributed by atoms with Crippen LogP contribution >= 0.6 is 0 Å². The van der Waals surface area contributed by atoms with Gasteiger partial charge in [0.1, 0.15) is 11.2 Å². The highest BCUT2D eigenvalue weighted by Gasteiger charge is 2.21. The summed E-state index contributed by atoms with van der Waals surface area (Å²) < 4.78 is 9.07. The van der Waals surface area contributed by atoms with Gasteiger partial charge >= 0.3 is 0 Å². The van der Waals surface area contributed by atoms with Crippen molar-refractivity contribution in [2.24, 2.45) is 0 Å². The number of nitrogens with zero attached hydrogens (tertiary/aromatic N) is 2. The molecule has 3 nitrogen and oxygen atoms in total. The zero-order valence-corrected chi connectivity index (χ0v) is 38.7. The van der Waals surface area contributed by atoms with E-state index in [1.165, 1.54) is 49.1 Å². The Hall–Kier alpha value is -9.44. The summed E-state index contributed by atoms with van der Waals surface area (Å²) in [7, 11) is 0. The van der Waals surface area contributed by atoms with Crippen LogP contribution in [0.25, 0.3) is 115 Å². The highest BCUT2D eigenvalue weighted by atomic mass is 16.3. The lowest BCUT2D eigenvalue weighted by molar-refractivity contribution is 0.673. The lowest BCUT2D eigenvalue weighted by Gasteiger charge is -2.29. The maximum absolute atomic E-state index is 6.69. The van der Waals surface area contributed by atoms with Gasteiger partial charge in [0.2, 0.25) is 0 Å². The molecular formula is C68H44N2O. The first-order valence-electron chi connectivity index (χ1n) is 24.3. The molecule has 0 fully saturated rings.